The molecule has 1 fully saturated rings. The number of halogens is 3. The number of carboxylic acids is 1. The van der Waals surface area contributed by atoms with Gasteiger partial charge in [0.1, 0.15) is 5.75 Å². The standard InChI is InChI=1S/C26H25N3O3.C2HF3O2/c30-25-16-32-24-11-6-18(12-23(24)29-25)15-27-22-13-21(22)19-7-9-20(10-8-19)26(31)28-14-17-4-2-1-3-5-17;3-2(4,5)1(6)7/h1-12,21-22,27H,13-16H2,(H,28,31)(H,29,30);(H,6,7). The number of alkyl halides is 3. The van der Waals surface area contributed by atoms with Crippen molar-refractivity contribution in [2.45, 2.75) is 37.6 Å². The van der Waals surface area contributed by atoms with Gasteiger partial charge in [-0.15, -0.1) is 0 Å². The fourth-order valence-corrected chi connectivity index (χ4v) is 4.04. The smallest absolute Gasteiger partial charge is 0.482 e. The van der Waals surface area contributed by atoms with Crippen LogP contribution in [0.3, 0.4) is 0 Å². The lowest BCUT2D eigenvalue weighted by atomic mass is 10.1. The molecule has 11 heteroatoms. The van der Waals surface area contributed by atoms with E-state index in [9.17, 15) is 22.8 Å². The van der Waals surface area contributed by atoms with Crippen molar-refractivity contribution in [2.75, 3.05) is 11.9 Å². The molecule has 0 spiro atoms. The molecule has 2 aliphatic rings. The predicted molar refractivity (Wildman–Crippen MR) is 136 cm³/mol. The van der Waals surface area contributed by atoms with Gasteiger partial charge in [-0.1, -0.05) is 48.5 Å². The van der Waals surface area contributed by atoms with E-state index in [2.05, 4.69) is 28.1 Å². The molecule has 2 atom stereocenters. The van der Waals surface area contributed by atoms with Crippen molar-refractivity contribution < 1.29 is 37.4 Å². The molecule has 3 aromatic rings. The van der Waals surface area contributed by atoms with Crippen LogP contribution in [0.15, 0.2) is 72.8 Å². The van der Waals surface area contributed by atoms with Crippen LogP contribution >= 0.6 is 0 Å². The summed E-state index contributed by atoms with van der Waals surface area (Å²) in [6, 6.07) is 24.1. The zero-order valence-corrected chi connectivity index (χ0v) is 20.6. The van der Waals surface area contributed by atoms with Crippen molar-refractivity contribution in [3.8, 4) is 5.75 Å². The average Bonchev–Trinajstić information content (AvgIpc) is 3.70. The van der Waals surface area contributed by atoms with E-state index in [1.54, 1.807) is 0 Å². The summed E-state index contributed by atoms with van der Waals surface area (Å²) in [6.45, 7) is 1.32. The molecule has 0 aromatic heterocycles. The molecule has 5 rings (SSSR count). The van der Waals surface area contributed by atoms with Gasteiger partial charge in [0.2, 0.25) is 0 Å². The molecule has 2 amide bonds. The Balaban J connectivity index is 0.000000448. The van der Waals surface area contributed by atoms with E-state index in [0.717, 1.165) is 29.8 Å². The number of anilines is 1. The van der Waals surface area contributed by atoms with Crippen LogP contribution in [0, 0.1) is 0 Å². The molecule has 1 saturated carbocycles. The summed E-state index contributed by atoms with van der Waals surface area (Å²) < 4.78 is 37.1. The highest BCUT2D eigenvalue weighted by atomic mass is 19.4. The second kappa shape index (κ2) is 12.0. The Morgan fingerprint density at radius 1 is 0.974 bits per heavy atom. The number of nitrogens with one attached hydrogen (secondary N) is 3. The number of carbonyl (C=O) groups excluding carboxylic acids is 2. The number of ether oxygens (including phenoxy) is 1. The molecule has 2 unspecified atom stereocenters. The zero-order chi connectivity index (χ0) is 28.0. The Morgan fingerprint density at radius 3 is 2.33 bits per heavy atom. The van der Waals surface area contributed by atoms with Gasteiger partial charge in [0.15, 0.2) is 6.61 Å². The van der Waals surface area contributed by atoms with Crippen LogP contribution < -0.4 is 20.7 Å². The second-order valence-electron chi connectivity index (χ2n) is 9.09. The number of aliphatic carboxylic acids is 1. The van der Waals surface area contributed by atoms with Crippen molar-refractivity contribution in [1.29, 1.82) is 0 Å². The summed E-state index contributed by atoms with van der Waals surface area (Å²) in [5.74, 6) is -1.77. The summed E-state index contributed by atoms with van der Waals surface area (Å²) in [5, 5.41) is 16.5. The fourth-order valence-electron chi connectivity index (χ4n) is 4.04. The van der Waals surface area contributed by atoms with Crippen molar-refractivity contribution in [2.24, 2.45) is 0 Å². The molecule has 8 nitrogen and oxygen atoms in total. The van der Waals surface area contributed by atoms with Gasteiger partial charge >= 0.3 is 12.1 Å². The summed E-state index contributed by atoms with van der Waals surface area (Å²) in [6.07, 6.45) is -4.01. The van der Waals surface area contributed by atoms with Crippen LogP contribution in [-0.2, 0) is 22.7 Å². The van der Waals surface area contributed by atoms with Crippen LogP contribution in [0.2, 0.25) is 0 Å². The molecule has 1 aliphatic heterocycles. The van der Waals surface area contributed by atoms with Crippen molar-refractivity contribution in [1.82, 2.24) is 10.6 Å². The minimum atomic E-state index is -5.08. The average molecular weight is 542 g/mol. The SMILES string of the molecule is O=C(O)C(F)(F)F.O=C1COc2ccc(CNC3CC3c3ccc(C(=O)NCc4ccccc4)cc3)cc2N1. The first-order chi connectivity index (χ1) is 18.6. The quantitative estimate of drug-likeness (QED) is 0.356. The lowest BCUT2D eigenvalue weighted by molar-refractivity contribution is -0.192. The van der Waals surface area contributed by atoms with Gasteiger partial charge in [-0.3, -0.25) is 9.59 Å². The summed E-state index contributed by atoms with van der Waals surface area (Å²) in [4.78, 5) is 32.8. The van der Waals surface area contributed by atoms with Crippen LogP contribution in [0.4, 0.5) is 18.9 Å². The van der Waals surface area contributed by atoms with Crippen molar-refractivity contribution in [3.63, 3.8) is 0 Å². The van der Waals surface area contributed by atoms with Crippen molar-refractivity contribution >= 4 is 23.5 Å². The maximum Gasteiger partial charge on any atom is 0.490 e. The van der Waals surface area contributed by atoms with Gasteiger partial charge in [-0.05, 0) is 47.4 Å². The van der Waals surface area contributed by atoms with E-state index < -0.39 is 12.1 Å². The zero-order valence-electron chi connectivity index (χ0n) is 20.6. The molecule has 4 N–H and O–H groups in total. The molecular weight excluding hydrogens is 515 g/mol. The summed E-state index contributed by atoms with van der Waals surface area (Å²) in [5.41, 5.74) is 4.83. The van der Waals surface area contributed by atoms with E-state index in [1.165, 1.54) is 5.56 Å². The van der Waals surface area contributed by atoms with Crippen LogP contribution in [0.1, 0.15) is 39.4 Å². The largest absolute Gasteiger partial charge is 0.490 e. The molecule has 204 valence electrons. The first kappa shape index (κ1) is 27.6. The first-order valence-electron chi connectivity index (χ1n) is 12.1. The Hall–Kier alpha value is -4.38. The van der Waals surface area contributed by atoms with Crippen LogP contribution in [-0.4, -0.2) is 41.7 Å². The third-order valence-corrected chi connectivity index (χ3v) is 6.18. The third kappa shape index (κ3) is 7.81. The van der Waals surface area contributed by atoms with Gasteiger partial charge in [0, 0.05) is 30.6 Å². The molecule has 0 bridgehead atoms. The van der Waals surface area contributed by atoms with Crippen molar-refractivity contribution in [3.05, 3.63) is 95.1 Å². The number of amides is 2. The predicted octanol–water partition coefficient (Wildman–Crippen LogP) is 4.23. The lowest BCUT2D eigenvalue weighted by Crippen LogP contribution is -2.25. The van der Waals surface area contributed by atoms with Gasteiger partial charge in [-0.2, -0.15) is 13.2 Å². The van der Waals surface area contributed by atoms with Gasteiger partial charge < -0.3 is 25.8 Å². The molecular formula is C28H26F3N3O5. The van der Waals surface area contributed by atoms with Gasteiger partial charge in [0.05, 0.1) is 5.69 Å². The number of carboxylic acid groups (broad SMARTS) is 1. The highest BCUT2D eigenvalue weighted by molar-refractivity contribution is 5.95. The van der Waals surface area contributed by atoms with E-state index >= 15 is 0 Å². The first-order valence-corrected chi connectivity index (χ1v) is 12.1. The minimum Gasteiger partial charge on any atom is -0.482 e. The number of rotatable bonds is 7. The topological polar surface area (TPSA) is 117 Å². The molecule has 1 heterocycles. The monoisotopic (exact) mass is 541 g/mol. The number of carbonyl (C=O) groups is 3. The number of fused-ring (bicyclic) bond motifs is 1. The van der Waals surface area contributed by atoms with Crippen LogP contribution in [0.5, 0.6) is 5.75 Å². The number of benzene rings is 3. The second-order valence-corrected chi connectivity index (χ2v) is 9.09. The maximum absolute atomic E-state index is 12.4. The highest BCUT2D eigenvalue weighted by Crippen LogP contribution is 2.41. The van der Waals surface area contributed by atoms with Crippen LogP contribution in [0.25, 0.3) is 0 Å². The van der Waals surface area contributed by atoms with E-state index in [-0.39, 0.29) is 18.4 Å². The Bertz CT molecular complexity index is 1330. The maximum atomic E-state index is 12.4. The highest BCUT2D eigenvalue weighted by Gasteiger charge is 2.38. The molecule has 3 aromatic carbocycles. The van der Waals surface area contributed by atoms with E-state index in [1.807, 2.05) is 60.7 Å². The minimum absolute atomic E-state index is 0.0608. The fraction of sp³-hybridized carbons (Fsp3) is 0.250. The molecule has 39 heavy (non-hydrogen) atoms. The normalized spacial score (nSPS) is 17.5. The molecule has 1 aliphatic carbocycles. The number of hydrogen-bond donors (Lipinski definition) is 4. The molecule has 0 radical (unpaired) electrons. The summed E-state index contributed by atoms with van der Waals surface area (Å²) in [7, 11) is 0. The lowest BCUT2D eigenvalue weighted by Gasteiger charge is -2.18. The third-order valence-electron chi connectivity index (χ3n) is 6.18. The Morgan fingerprint density at radius 2 is 1.67 bits per heavy atom. The van der Waals surface area contributed by atoms with E-state index in [0.29, 0.717) is 29.8 Å². The Labute approximate surface area is 222 Å². The summed E-state index contributed by atoms with van der Waals surface area (Å²) >= 11 is 0. The Kier molecular flexibility index (Phi) is 8.50. The number of hydrogen-bond acceptors (Lipinski definition) is 5. The van der Waals surface area contributed by atoms with E-state index in [4.69, 9.17) is 14.6 Å². The molecule has 0 saturated heterocycles. The van der Waals surface area contributed by atoms with Gasteiger partial charge in [-0.25, -0.2) is 4.79 Å². The van der Waals surface area contributed by atoms with Gasteiger partial charge in [0.25, 0.3) is 11.8 Å².